The molecule has 0 saturated heterocycles. The van der Waals surface area contributed by atoms with E-state index in [1.54, 1.807) is 0 Å². The lowest BCUT2D eigenvalue weighted by Crippen LogP contribution is -2.05. The Labute approximate surface area is 49.8 Å². The van der Waals surface area contributed by atoms with Crippen LogP contribution >= 0.6 is 9.24 Å². The molecule has 0 amide bonds. The molecule has 1 rings (SSSR count). The van der Waals surface area contributed by atoms with E-state index in [1.165, 1.54) is 6.33 Å². The first-order valence-corrected chi connectivity index (χ1v) is 2.78. The van der Waals surface area contributed by atoms with Gasteiger partial charge in [-0.15, -0.1) is 0 Å². The minimum Gasteiger partial charge on any atom is -0.222 e. The zero-order chi connectivity index (χ0) is 5.98. The van der Waals surface area contributed by atoms with Gasteiger partial charge in [-0.2, -0.15) is 0 Å². The van der Waals surface area contributed by atoms with Crippen molar-refractivity contribution < 1.29 is 0 Å². The second-order valence-corrected chi connectivity index (χ2v) is 1.91. The maximum Gasteiger partial charge on any atom is 0.148 e. The van der Waals surface area contributed by atoms with Gasteiger partial charge in [-0.05, 0) is 6.92 Å². The van der Waals surface area contributed by atoms with E-state index in [4.69, 9.17) is 0 Å². The molecule has 3 nitrogen and oxygen atoms in total. The molecule has 4 heteroatoms. The highest BCUT2D eigenvalue weighted by Crippen LogP contribution is 1.79. The smallest absolute Gasteiger partial charge is 0.148 e. The third-order valence-corrected chi connectivity index (χ3v) is 0.989. The molecule has 0 spiro atoms. The van der Waals surface area contributed by atoms with Crippen molar-refractivity contribution in [3.8, 4) is 0 Å². The lowest BCUT2D eigenvalue weighted by molar-refractivity contribution is 1.01. The molecule has 0 aromatic carbocycles. The summed E-state index contributed by atoms with van der Waals surface area (Å²) in [6, 6.07) is 0. The maximum absolute atomic E-state index is 3.91. The largest absolute Gasteiger partial charge is 0.222 e. The van der Waals surface area contributed by atoms with Crippen LogP contribution in [0.25, 0.3) is 0 Å². The van der Waals surface area contributed by atoms with Gasteiger partial charge in [0.2, 0.25) is 0 Å². The number of rotatable bonds is 0. The third kappa shape index (κ3) is 1.20. The maximum atomic E-state index is 3.91. The van der Waals surface area contributed by atoms with E-state index >= 15 is 0 Å². The summed E-state index contributed by atoms with van der Waals surface area (Å²) in [5.74, 6) is 0.755. The van der Waals surface area contributed by atoms with Crippen LogP contribution in [0.4, 0.5) is 0 Å². The Morgan fingerprint density at radius 2 is 2.25 bits per heavy atom. The topological polar surface area (TPSA) is 38.7 Å². The number of nitrogens with zero attached hydrogens (tertiary/aromatic N) is 3. The molecular weight excluding hydrogens is 121 g/mol. The van der Waals surface area contributed by atoms with Gasteiger partial charge in [0, 0.05) is 0 Å². The first kappa shape index (κ1) is 5.57. The highest BCUT2D eigenvalue weighted by atomic mass is 31.0. The summed E-state index contributed by atoms with van der Waals surface area (Å²) in [6.07, 6.45) is 1.49. The molecule has 0 bridgehead atoms. The number of hydrogen-bond acceptors (Lipinski definition) is 3. The molecule has 1 unspecified atom stereocenters. The van der Waals surface area contributed by atoms with Gasteiger partial charge in [-0.3, -0.25) is 0 Å². The molecule has 0 radical (unpaired) electrons. The van der Waals surface area contributed by atoms with Crippen molar-refractivity contribution in [1.29, 1.82) is 0 Å². The molecule has 1 aromatic heterocycles. The average molecular weight is 127 g/mol. The van der Waals surface area contributed by atoms with E-state index in [-0.39, 0.29) is 0 Å². The first-order valence-electron chi connectivity index (χ1n) is 2.20. The quantitative estimate of drug-likeness (QED) is 0.448. The summed E-state index contributed by atoms with van der Waals surface area (Å²) in [5.41, 5.74) is 0.692. The van der Waals surface area contributed by atoms with Gasteiger partial charge < -0.3 is 0 Å². The third-order valence-electron chi connectivity index (χ3n) is 0.711. The van der Waals surface area contributed by atoms with E-state index in [0.717, 1.165) is 5.82 Å². The highest BCUT2D eigenvalue weighted by molar-refractivity contribution is 7.26. The van der Waals surface area contributed by atoms with Gasteiger partial charge in [-0.25, -0.2) is 15.0 Å². The molecule has 0 aliphatic rings. The monoisotopic (exact) mass is 127 g/mol. The van der Waals surface area contributed by atoms with Crippen molar-refractivity contribution in [2.24, 2.45) is 0 Å². The van der Waals surface area contributed by atoms with E-state index in [0.29, 0.717) is 5.57 Å². The molecule has 0 fully saturated rings. The number of hydrogen-bond donors (Lipinski definition) is 0. The van der Waals surface area contributed by atoms with Gasteiger partial charge in [0.1, 0.15) is 17.7 Å². The number of aromatic nitrogens is 3. The summed E-state index contributed by atoms with van der Waals surface area (Å²) in [4.78, 5) is 11.5. The van der Waals surface area contributed by atoms with E-state index in [1.807, 2.05) is 6.92 Å². The molecule has 0 N–H and O–H groups in total. The molecule has 1 atom stereocenters. The van der Waals surface area contributed by atoms with Crippen LogP contribution < -0.4 is 5.57 Å². The minimum absolute atomic E-state index is 0.692. The van der Waals surface area contributed by atoms with Crippen molar-refractivity contribution in [1.82, 2.24) is 15.0 Å². The zero-order valence-corrected chi connectivity index (χ0v) is 5.65. The fraction of sp³-hybridized carbons (Fsp3) is 0.250. The summed E-state index contributed by atoms with van der Waals surface area (Å²) in [5, 5.41) is 0. The fourth-order valence-corrected chi connectivity index (χ4v) is 0.649. The standard InChI is InChI=1S/C4H6N3P/c1-3-5-2-6-4(8)7-3/h2H,8H2,1H3. The summed E-state index contributed by atoms with van der Waals surface area (Å²) < 4.78 is 0. The van der Waals surface area contributed by atoms with Crippen molar-refractivity contribution in [2.75, 3.05) is 0 Å². The Morgan fingerprint density at radius 1 is 1.50 bits per heavy atom. The van der Waals surface area contributed by atoms with Crippen LogP contribution in [-0.4, -0.2) is 15.0 Å². The zero-order valence-electron chi connectivity index (χ0n) is 4.50. The van der Waals surface area contributed by atoms with Crippen LogP contribution in [0.3, 0.4) is 0 Å². The van der Waals surface area contributed by atoms with Gasteiger partial charge in [-0.1, -0.05) is 9.24 Å². The molecule has 8 heavy (non-hydrogen) atoms. The van der Waals surface area contributed by atoms with Crippen molar-refractivity contribution >= 4 is 14.8 Å². The Hall–Kier alpha value is -0.560. The molecular formula is C4H6N3P. The van der Waals surface area contributed by atoms with Gasteiger partial charge >= 0.3 is 0 Å². The lowest BCUT2D eigenvalue weighted by Gasteiger charge is -1.88. The van der Waals surface area contributed by atoms with Crippen LogP contribution in [0.15, 0.2) is 6.33 Å². The lowest BCUT2D eigenvalue weighted by atomic mass is 10.7. The van der Waals surface area contributed by atoms with Crippen LogP contribution in [0.2, 0.25) is 0 Å². The first-order chi connectivity index (χ1) is 3.79. The number of aryl methyl sites for hydroxylation is 1. The Balaban J connectivity index is 3.08. The van der Waals surface area contributed by atoms with Crippen molar-refractivity contribution in [3.63, 3.8) is 0 Å². The van der Waals surface area contributed by atoms with Crippen LogP contribution in [-0.2, 0) is 0 Å². The predicted octanol–water partition coefficient (Wildman–Crippen LogP) is -0.320. The van der Waals surface area contributed by atoms with Crippen molar-refractivity contribution in [2.45, 2.75) is 6.92 Å². The molecule has 0 aliphatic heterocycles. The Kier molecular flexibility index (Phi) is 1.49. The van der Waals surface area contributed by atoms with Crippen LogP contribution in [0.1, 0.15) is 5.82 Å². The molecule has 0 saturated carbocycles. The average Bonchev–Trinajstić information content (AvgIpc) is 1.64. The summed E-state index contributed by atoms with van der Waals surface area (Å²) in [6.45, 7) is 1.83. The molecule has 1 heterocycles. The second kappa shape index (κ2) is 2.14. The van der Waals surface area contributed by atoms with Crippen molar-refractivity contribution in [3.05, 3.63) is 12.2 Å². The SMILES string of the molecule is Cc1ncnc(P)n1. The second-order valence-electron chi connectivity index (χ2n) is 1.39. The van der Waals surface area contributed by atoms with Crippen LogP contribution in [0.5, 0.6) is 0 Å². The van der Waals surface area contributed by atoms with Gasteiger partial charge in [0.05, 0.1) is 0 Å². The molecule has 1 aromatic rings. The summed E-state index contributed by atoms with van der Waals surface area (Å²) in [7, 11) is 2.40. The Morgan fingerprint density at radius 3 is 2.62 bits per heavy atom. The van der Waals surface area contributed by atoms with Gasteiger partial charge in [0.25, 0.3) is 0 Å². The fourth-order valence-electron chi connectivity index (χ4n) is 0.395. The van der Waals surface area contributed by atoms with Gasteiger partial charge in [0.15, 0.2) is 0 Å². The van der Waals surface area contributed by atoms with E-state index < -0.39 is 0 Å². The van der Waals surface area contributed by atoms with E-state index in [2.05, 4.69) is 24.2 Å². The molecule has 42 valence electrons. The molecule has 0 aliphatic carbocycles. The van der Waals surface area contributed by atoms with Crippen LogP contribution in [0, 0.1) is 6.92 Å². The Bertz CT molecular complexity index is 171. The summed E-state index contributed by atoms with van der Waals surface area (Å²) >= 11 is 0. The normalized spacial score (nSPS) is 9.25. The highest BCUT2D eigenvalue weighted by Gasteiger charge is 1.84. The predicted molar refractivity (Wildman–Crippen MR) is 33.9 cm³/mol. The van der Waals surface area contributed by atoms with E-state index in [9.17, 15) is 0 Å². The minimum atomic E-state index is 0.692.